The van der Waals surface area contributed by atoms with Gasteiger partial charge in [-0.2, -0.15) is 0 Å². The van der Waals surface area contributed by atoms with E-state index in [1.54, 1.807) is 0 Å². The molecule has 0 unspecified atom stereocenters. The Morgan fingerprint density at radius 3 is 2.59 bits per heavy atom. The van der Waals surface area contributed by atoms with Gasteiger partial charge in [-0.25, -0.2) is 0 Å². The fraction of sp³-hybridized carbons (Fsp3) is 0.769. The van der Waals surface area contributed by atoms with E-state index in [-0.39, 0.29) is 6.10 Å². The van der Waals surface area contributed by atoms with Crippen LogP contribution in [0.4, 0.5) is 0 Å². The zero-order valence-electron chi connectivity index (χ0n) is 11.4. The van der Waals surface area contributed by atoms with Crippen molar-refractivity contribution in [2.24, 2.45) is 5.92 Å². The van der Waals surface area contributed by atoms with Crippen LogP contribution in [0.2, 0.25) is 0 Å². The van der Waals surface area contributed by atoms with Crippen LogP contribution in [-0.2, 0) is 4.74 Å². The molecule has 0 aliphatic carbocycles. The van der Waals surface area contributed by atoms with E-state index in [2.05, 4.69) is 31.0 Å². The van der Waals surface area contributed by atoms with Gasteiger partial charge in [0.15, 0.2) is 0 Å². The van der Waals surface area contributed by atoms with Crippen molar-refractivity contribution >= 4 is 5.90 Å². The predicted molar refractivity (Wildman–Crippen MR) is 71.3 cm³/mol. The second-order valence-corrected chi connectivity index (χ2v) is 4.73. The zero-order chi connectivity index (χ0) is 12.8. The van der Waals surface area contributed by atoms with Gasteiger partial charge in [-0.1, -0.05) is 20.8 Å². The fourth-order valence-electron chi connectivity index (χ4n) is 1.80. The number of likely N-dealkylation sites (N-methyl/N-ethyl adjacent to an activating group) is 1. The van der Waals surface area contributed by atoms with Crippen LogP contribution < -0.4 is 5.32 Å². The molecule has 1 saturated heterocycles. The lowest BCUT2D eigenvalue weighted by atomic mass is 10.0. The van der Waals surface area contributed by atoms with E-state index in [0.29, 0.717) is 11.8 Å². The number of nitrogens with one attached hydrogen (secondary N) is 2. The largest absolute Gasteiger partial charge is 0.472 e. The predicted octanol–water partition coefficient (Wildman–Crippen LogP) is 1.83. The molecule has 17 heavy (non-hydrogen) atoms. The van der Waals surface area contributed by atoms with Crippen molar-refractivity contribution in [3.05, 3.63) is 11.8 Å². The summed E-state index contributed by atoms with van der Waals surface area (Å²) in [4.78, 5) is 2.31. The van der Waals surface area contributed by atoms with Crippen LogP contribution in [0.5, 0.6) is 0 Å². The highest BCUT2D eigenvalue weighted by Gasteiger charge is 2.28. The van der Waals surface area contributed by atoms with Crippen LogP contribution in [-0.4, -0.2) is 43.1 Å². The van der Waals surface area contributed by atoms with Crippen LogP contribution in [0.25, 0.3) is 0 Å². The highest BCUT2D eigenvalue weighted by molar-refractivity contribution is 5.91. The minimum atomic E-state index is 0.200. The Hall–Kier alpha value is -1.03. The number of nitrogens with zero attached hydrogens (tertiary/aromatic N) is 1. The van der Waals surface area contributed by atoms with Gasteiger partial charge in [0, 0.05) is 31.4 Å². The summed E-state index contributed by atoms with van der Waals surface area (Å²) in [5.41, 5.74) is 0.946. The number of rotatable bonds is 6. The third-order valence-electron chi connectivity index (χ3n) is 3.00. The molecule has 4 nitrogen and oxygen atoms in total. The third kappa shape index (κ3) is 4.04. The van der Waals surface area contributed by atoms with Gasteiger partial charge in [0.05, 0.1) is 0 Å². The van der Waals surface area contributed by atoms with Crippen LogP contribution in [0, 0.1) is 11.3 Å². The van der Waals surface area contributed by atoms with Gasteiger partial charge in [0.2, 0.25) is 5.90 Å². The second kappa shape index (κ2) is 6.64. The molecule has 0 spiro atoms. The molecule has 0 aromatic rings. The number of ether oxygens (including phenoxy) is 1. The molecular formula is C13H25N3O. The maximum atomic E-state index is 8.00. The van der Waals surface area contributed by atoms with E-state index in [1.807, 2.05) is 13.1 Å². The molecule has 1 heterocycles. The van der Waals surface area contributed by atoms with E-state index in [1.165, 1.54) is 0 Å². The molecule has 0 atom stereocenters. The topological polar surface area (TPSA) is 48.4 Å². The molecule has 4 heteroatoms. The molecule has 0 bridgehead atoms. The lowest BCUT2D eigenvalue weighted by Crippen LogP contribution is -2.52. The SMILES string of the molecule is CCN/C=C(\C(=N)OC1CN(CC)C1)C(C)C. The van der Waals surface area contributed by atoms with E-state index in [4.69, 9.17) is 10.1 Å². The molecule has 0 amide bonds. The zero-order valence-corrected chi connectivity index (χ0v) is 11.4. The first-order valence-electron chi connectivity index (χ1n) is 6.49. The first kappa shape index (κ1) is 14.0. The average Bonchev–Trinajstić information content (AvgIpc) is 2.22. The number of likely N-dealkylation sites (tertiary alicyclic amines) is 1. The smallest absolute Gasteiger partial charge is 0.211 e. The number of hydrogen-bond acceptors (Lipinski definition) is 4. The van der Waals surface area contributed by atoms with Crippen molar-refractivity contribution in [2.45, 2.75) is 33.8 Å². The monoisotopic (exact) mass is 239 g/mol. The van der Waals surface area contributed by atoms with Crippen LogP contribution in [0.1, 0.15) is 27.7 Å². The molecule has 0 aromatic heterocycles. The fourth-order valence-corrected chi connectivity index (χ4v) is 1.80. The summed E-state index contributed by atoms with van der Waals surface area (Å²) in [6.07, 6.45) is 2.11. The summed E-state index contributed by atoms with van der Waals surface area (Å²) < 4.78 is 5.67. The van der Waals surface area contributed by atoms with E-state index in [0.717, 1.165) is 31.8 Å². The average molecular weight is 239 g/mol. The Balaban J connectivity index is 2.44. The van der Waals surface area contributed by atoms with Crippen molar-refractivity contribution in [1.82, 2.24) is 10.2 Å². The van der Waals surface area contributed by atoms with Crippen molar-refractivity contribution in [2.75, 3.05) is 26.2 Å². The summed E-state index contributed by atoms with van der Waals surface area (Å²) in [6.45, 7) is 12.2. The summed E-state index contributed by atoms with van der Waals surface area (Å²) in [6, 6.07) is 0. The minimum Gasteiger partial charge on any atom is -0.472 e. The molecule has 1 rings (SSSR count). The molecule has 0 radical (unpaired) electrons. The first-order valence-corrected chi connectivity index (χ1v) is 6.49. The first-order chi connectivity index (χ1) is 8.08. The quantitative estimate of drug-likeness (QED) is 0.549. The number of hydrogen-bond donors (Lipinski definition) is 2. The molecule has 0 aromatic carbocycles. The van der Waals surface area contributed by atoms with E-state index >= 15 is 0 Å². The third-order valence-corrected chi connectivity index (χ3v) is 3.00. The maximum Gasteiger partial charge on any atom is 0.211 e. The second-order valence-electron chi connectivity index (χ2n) is 4.73. The highest BCUT2D eigenvalue weighted by Crippen LogP contribution is 2.16. The van der Waals surface area contributed by atoms with Crippen LogP contribution >= 0.6 is 0 Å². The molecule has 0 saturated carbocycles. The Labute approximate surface area is 105 Å². The summed E-state index contributed by atoms with van der Waals surface area (Å²) in [7, 11) is 0. The minimum absolute atomic E-state index is 0.200. The van der Waals surface area contributed by atoms with E-state index in [9.17, 15) is 0 Å². The Morgan fingerprint density at radius 1 is 1.47 bits per heavy atom. The standard InChI is InChI=1S/C13H25N3O/c1-5-15-7-12(10(3)4)13(14)17-11-8-16(6-2)9-11/h7,10-11,14-15H,5-6,8-9H2,1-4H3/b12-7-,14-13?. The summed E-state index contributed by atoms with van der Waals surface area (Å²) in [5.74, 6) is 0.630. The van der Waals surface area contributed by atoms with Crippen molar-refractivity contribution in [3.63, 3.8) is 0 Å². The van der Waals surface area contributed by atoms with Crippen molar-refractivity contribution in [3.8, 4) is 0 Å². The van der Waals surface area contributed by atoms with Crippen molar-refractivity contribution < 1.29 is 4.74 Å². The highest BCUT2D eigenvalue weighted by atomic mass is 16.5. The van der Waals surface area contributed by atoms with Crippen LogP contribution in [0.15, 0.2) is 11.8 Å². The van der Waals surface area contributed by atoms with Crippen LogP contribution in [0.3, 0.4) is 0 Å². The van der Waals surface area contributed by atoms with Gasteiger partial charge in [-0.05, 0) is 19.4 Å². The summed E-state index contributed by atoms with van der Waals surface area (Å²) in [5, 5.41) is 11.1. The molecule has 98 valence electrons. The molecule has 1 aliphatic heterocycles. The maximum absolute atomic E-state index is 8.00. The van der Waals surface area contributed by atoms with Gasteiger partial charge in [0.25, 0.3) is 0 Å². The Kier molecular flexibility index (Phi) is 5.48. The lowest BCUT2D eigenvalue weighted by Gasteiger charge is -2.38. The van der Waals surface area contributed by atoms with Gasteiger partial charge in [-0.15, -0.1) is 0 Å². The van der Waals surface area contributed by atoms with Crippen molar-refractivity contribution in [1.29, 1.82) is 5.41 Å². The van der Waals surface area contributed by atoms with Gasteiger partial charge in [0.1, 0.15) is 6.10 Å². The van der Waals surface area contributed by atoms with Gasteiger partial charge >= 0.3 is 0 Å². The molecule has 1 aliphatic rings. The normalized spacial score (nSPS) is 18.1. The molecule has 1 fully saturated rings. The molecule has 2 N–H and O–H groups in total. The van der Waals surface area contributed by atoms with Gasteiger partial charge < -0.3 is 10.1 Å². The van der Waals surface area contributed by atoms with E-state index < -0.39 is 0 Å². The lowest BCUT2D eigenvalue weighted by molar-refractivity contribution is 0.0147. The summed E-state index contributed by atoms with van der Waals surface area (Å²) >= 11 is 0. The molecular weight excluding hydrogens is 214 g/mol. The Bertz CT molecular complexity index is 280. The Morgan fingerprint density at radius 2 is 2.12 bits per heavy atom. The van der Waals surface area contributed by atoms with Gasteiger partial charge in [-0.3, -0.25) is 10.3 Å².